The van der Waals surface area contributed by atoms with E-state index >= 15 is 0 Å². The van der Waals surface area contributed by atoms with Crippen molar-refractivity contribution in [3.8, 4) is 0 Å². The molecule has 0 spiro atoms. The van der Waals surface area contributed by atoms with E-state index in [2.05, 4.69) is 119 Å². The number of hydrogen-bond donors (Lipinski definition) is 0. The van der Waals surface area contributed by atoms with E-state index in [0.29, 0.717) is 34.0 Å². The van der Waals surface area contributed by atoms with Gasteiger partial charge in [-0.05, 0) is 160 Å². The molecule has 1 aromatic carbocycles. The fraction of sp³-hybridized carbons (Fsp3) is 0.706. The summed E-state index contributed by atoms with van der Waals surface area (Å²) >= 11 is 0. The molecule has 0 atom stereocenters. The first kappa shape index (κ1) is 51.8. The topological polar surface area (TPSA) is 116 Å². The summed E-state index contributed by atoms with van der Waals surface area (Å²) in [6.45, 7) is 31.6. The Bertz CT molecular complexity index is 1630. The molecule has 4 rings (SSSR count). The number of esters is 3. The van der Waals surface area contributed by atoms with E-state index in [-0.39, 0.29) is 71.4 Å². The van der Waals surface area contributed by atoms with E-state index in [0.717, 1.165) is 38.5 Å². The molecule has 3 saturated heterocycles. The molecule has 0 N–H and O–H groups in total. The number of likely N-dealkylation sites (tertiary alicyclic amines) is 3. The summed E-state index contributed by atoms with van der Waals surface area (Å²) in [6.07, 6.45) is 8.95. The summed E-state index contributed by atoms with van der Waals surface area (Å²) in [7, 11) is 6.42. The van der Waals surface area contributed by atoms with Gasteiger partial charge in [-0.3, -0.25) is 14.7 Å². The molecular weight excluding hydrogens is 799 g/mol. The number of nitrogens with zero attached hydrogens (tertiary/aromatic N) is 3. The minimum atomic E-state index is -0.544. The Morgan fingerprint density at radius 3 is 0.825 bits per heavy atom. The fourth-order valence-electron chi connectivity index (χ4n) is 10.2. The van der Waals surface area contributed by atoms with Gasteiger partial charge in [0.15, 0.2) is 0 Å². The molecule has 12 nitrogen and oxygen atoms in total. The largest absolute Gasteiger partial charge is 0.495 e. The molecule has 354 valence electrons. The minimum Gasteiger partial charge on any atom is -0.495 e. The first-order valence-corrected chi connectivity index (χ1v) is 22.7. The van der Waals surface area contributed by atoms with Gasteiger partial charge in [-0.25, -0.2) is 14.4 Å². The summed E-state index contributed by atoms with van der Waals surface area (Å²) < 4.78 is 35.9. The summed E-state index contributed by atoms with van der Waals surface area (Å²) in [5.74, 6) is -0.171. The molecular formula is C51H81N3O9. The Balaban J connectivity index is 1.44. The third-order valence-corrected chi connectivity index (χ3v) is 14.1. The van der Waals surface area contributed by atoms with Gasteiger partial charge in [0.05, 0.1) is 18.2 Å². The van der Waals surface area contributed by atoms with Crippen LogP contribution in [0.25, 0.3) is 0 Å². The monoisotopic (exact) mass is 880 g/mol. The molecule has 0 amide bonds. The zero-order chi connectivity index (χ0) is 47.5. The van der Waals surface area contributed by atoms with Gasteiger partial charge in [0.25, 0.3) is 0 Å². The van der Waals surface area contributed by atoms with Crippen LogP contribution < -0.4 is 0 Å². The lowest BCUT2D eigenvalue weighted by atomic mass is 9.78. The highest BCUT2D eigenvalue weighted by atomic mass is 16.5. The maximum atomic E-state index is 13.1. The second-order valence-electron chi connectivity index (χ2n) is 22.2. The van der Waals surface area contributed by atoms with E-state index in [1.807, 2.05) is 0 Å². The standard InChI is InChI=1S/C51H81N3O9/c1-34(61-40-25-46(4,5)52(16)47(6,7)26-40)19-43(55)58-31-37-22-38(32-59-44(56)20-35(2)62-41-27-48(8,9)53(17)49(10,11)28-41)24-39(23-37)33-60-45(57)21-36(3)63-42-29-50(12,13)54(18)51(14,15)30-42/h19-24,40-42H,25-33H2,1-18H3/b34-19-,35-20-,36-21-. The third kappa shape index (κ3) is 14.3. The van der Waals surface area contributed by atoms with Crippen LogP contribution in [0.1, 0.15) is 159 Å². The first-order valence-electron chi connectivity index (χ1n) is 22.7. The fourth-order valence-corrected chi connectivity index (χ4v) is 10.2. The summed E-state index contributed by atoms with van der Waals surface area (Å²) in [4.78, 5) is 46.4. The quantitative estimate of drug-likeness (QED) is 0.0723. The van der Waals surface area contributed by atoms with E-state index in [9.17, 15) is 14.4 Å². The first-order chi connectivity index (χ1) is 28.8. The average Bonchev–Trinajstić information content (AvgIpc) is 3.11. The number of rotatable bonds is 15. The van der Waals surface area contributed by atoms with Crippen molar-refractivity contribution in [3.05, 3.63) is 70.4 Å². The highest BCUT2D eigenvalue weighted by Crippen LogP contribution is 2.41. The zero-order valence-corrected chi connectivity index (χ0v) is 42.1. The van der Waals surface area contributed by atoms with Crippen molar-refractivity contribution in [2.45, 2.75) is 214 Å². The van der Waals surface area contributed by atoms with Crippen molar-refractivity contribution in [2.75, 3.05) is 21.1 Å². The van der Waals surface area contributed by atoms with Crippen molar-refractivity contribution in [1.82, 2.24) is 14.7 Å². The van der Waals surface area contributed by atoms with Crippen LogP contribution in [0.5, 0.6) is 0 Å². The molecule has 3 fully saturated rings. The van der Waals surface area contributed by atoms with Gasteiger partial charge in [-0.2, -0.15) is 0 Å². The third-order valence-electron chi connectivity index (χ3n) is 14.1. The van der Waals surface area contributed by atoms with Crippen LogP contribution in [-0.2, 0) is 62.6 Å². The second-order valence-corrected chi connectivity index (χ2v) is 22.2. The van der Waals surface area contributed by atoms with Gasteiger partial charge >= 0.3 is 17.9 Å². The maximum absolute atomic E-state index is 13.1. The van der Waals surface area contributed by atoms with Gasteiger partial charge in [0.1, 0.15) is 55.4 Å². The van der Waals surface area contributed by atoms with Gasteiger partial charge in [-0.1, -0.05) is 0 Å². The molecule has 0 unspecified atom stereocenters. The Morgan fingerprint density at radius 1 is 0.444 bits per heavy atom. The molecule has 63 heavy (non-hydrogen) atoms. The Hall–Kier alpha value is -3.87. The van der Waals surface area contributed by atoms with Crippen LogP contribution in [0.2, 0.25) is 0 Å². The lowest BCUT2D eigenvalue weighted by Crippen LogP contribution is -2.60. The summed E-state index contributed by atoms with van der Waals surface area (Å²) in [6, 6.07) is 5.42. The summed E-state index contributed by atoms with van der Waals surface area (Å²) in [5, 5.41) is 0. The molecule has 0 radical (unpaired) electrons. The lowest BCUT2D eigenvalue weighted by molar-refractivity contribution is -0.140. The van der Waals surface area contributed by atoms with Crippen LogP contribution in [-0.4, -0.2) is 105 Å². The van der Waals surface area contributed by atoms with Crippen LogP contribution >= 0.6 is 0 Å². The Kier molecular flexibility index (Phi) is 16.2. The molecule has 0 saturated carbocycles. The SMILES string of the molecule is C/C(=C/C(=O)OCc1cc(COC(=O)/C=C(/C)OC2CC(C)(C)N(C)C(C)(C)C2)cc(COC(=O)/C=C(/C)OC2CC(C)(C)N(C)C(C)(C)C2)c1)OC1CC(C)(C)N(C)C(C)(C)C1. The predicted molar refractivity (Wildman–Crippen MR) is 247 cm³/mol. The second kappa shape index (κ2) is 19.7. The van der Waals surface area contributed by atoms with Crippen molar-refractivity contribution < 1.29 is 42.8 Å². The zero-order valence-electron chi connectivity index (χ0n) is 42.1. The number of benzene rings is 1. The van der Waals surface area contributed by atoms with Crippen LogP contribution in [0, 0.1) is 0 Å². The molecule has 0 aliphatic carbocycles. The molecule has 3 aliphatic heterocycles. The van der Waals surface area contributed by atoms with Crippen molar-refractivity contribution in [2.24, 2.45) is 0 Å². The Morgan fingerprint density at radius 2 is 0.635 bits per heavy atom. The van der Waals surface area contributed by atoms with Crippen molar-refractivity contribution >= 4 is 17.9 Å². The highest BCUT2D eigenvalue weighted by Gasteiger charge is 2.46. The molecule has 0 bridgehead atoms. The van der Waals surface area contributed by atoms with E-state index in [1.165, 1.54) is 18.2 Å². The maximum Gasteiger partial charge on any atom is 0.334 e. The lowest BCUT2D eigenvalue weighted by Gasteiger charge is -2.53. The van der Waals surface area contributed by atoms with Crippen molar-refractivity contribution in [1.29, 1.82) is 0 Å². The smallest absolute Gasteiger partial charge is 0.334 e. The van der Waals surface area contributed by atoms with Gasteiger partial charge in [0, 0.05) is 71.8 Å². The van der Waals surface area contributed by atoms with Gasteiger partial charge in [-0.15, -0.1) is 0 Å². The number of hydrogen-bond acceptors (Lipinski definition) is 12. The molecule has 12 heteroatoms. The van der Waals surface area contributed by atoms with Crippen LogP contribution in [0.15, 0.2) is 53.7 Å². The van der Waals surface area contributed by atoms with E-state index in [1.54, 1.807) is 39.0 Å². The molecule has 3 heterocycles. The number of carbonyl (C=O) groups is 3. The number of piperidine rings is 3. The number of allylic oxidation sites excluding steroid dienone is 3. The highest BCUT2D eigenvalue weighted by molar-refractivity contribution is 5.83. The average molecular weight is 880 g/mol. The van der Waals surface area contributed by atoms with E-state index in [4.69, 9.17) is 28.4 Å². The van der Waals surface area contributed by atoms with Gasteiger partial charge < -0.3 is 28.4 Å². The number of ether oxygens (including phenoxy) is 6. The normalized spacial score (nSPS) is 23.4. The predicted octanol–water partition coefficient (Wildman–Crippen LogP) is 9.53. The summed E-state index contributed by atoms with van der Waals surface area (Å²) in [5.41, 5.74) is 1.54. The van der Waals surface area contributed by atoms with E-state index < -0.39 is 17.9 Å². The molecule has 3 aliphatic rings. The molecule has 0 aromatic heterocycles. The Labute approximate surface area is 379 Å². The molecule has 1 aromatic rings. The minimum absolute atomic E-state index is 0.0440. The van der Waals surface area contributed by atoms with Crippen LogP contribution in [0.3, 0.4) is 0 Å². The number of carbonyl (C=O) groups excluding carboxylic acids is 3. The van der Waals surface area contributed by atoms with Crippen LogP contribution in [0.4, 0.5) is 0 Å². The van der Waals surface area contributed by atoms with Gasteiger partial charge in [0.2, 0.25) is 0 Å². The van der Waals surface area contributed by atoms with Crippen molar-refractivity contribution in [3.63, 3.8) is 0 Å².